The van der Waals surface area contributed by atoms with E-state index in [0.717, 1.165) is 38.5 Å². The molecular weight excluding hydrogens is 875 g/mol. The van der Waals surface area contributed by atoms with Crippen molar-refractivity contribution >= 4 is 11.9 Å². The van der Waals surface area contributed by atoms with Gasteiger partial charge in [0.05, 0.1) is 25.4 Å². The highest BCUT2D eigenvalue weighted by Gasteiger charge is 2.18. The van der Waals surface area contributed by atoms with E-state index in [1.165, 1.54) is 289 Å². The Kier molecular flexibility index (Phi) is 59.5. The number of carbonyl (C=O) groups excluding carboxylic acids is 2. The van der Waals surface area contributed by atoms with Gasteiger partial charge in [-0.2, -0.15) is 0 Å². The van der Waals surface area contributed by atoms with Crippen LogP contribution in [0.3, 0.4) is 0 Å². The molecule has 0 aromatic carbocycles. The molecule has 0 aliphatic carbocycles. The molecule has 1 amide bonds. The fourth-order valence-electron chi connectivity index (χ4n) is 10.0. The van der Waals surface area contributed by atoms with Gasteiger partial charge in [0, 0.05) is 12.8 Å². The molecule has 2 atom stereocenters. The maximum Gasteiger partial charge on any atom is 0.305 e. The van der Waals surface area contributed by atoms with E-state index in [9.17, 15) is 19.8 Å². The lowest BCUT2D eigenvalue weighted by molar-refractivity contribution is -0.143. The Balaban J connectivity index is 3.34. The Morgan fingerprint density at radius 3 is 1.00 bits per heavy atom. The van der Waals surface area contributed by atoms with Gasteiger partial charge in [0.15, 0.2) is 0 Å². The van der Waals surface area contributed by atoms with E-state index in [2.05, 4.69) is 31.3 Å². The molecule has 0 radical (unpaired) electrons. The average molecular weight is 1000 g/mol. The maximum atomic E-state index is 12.4. The van der Waals surface area contributed by atoms with Crippen molar-refractivity contribution < 1.29 is 24.5 Å². The molecule has 0 rings (SSSR count). The lowest BCUT2D eigenvalue weighted by Gasteiger charge is -2.20. The van der Waals surface area contributed by atoms with E-state index in [-0.39, 0.29) is 18.5 Å². The van der Waals surface area contributed by atoms with Crippen molar-refractivity contribution in [3.05, 3.63) is 24.3 Å². The largest absolute Gasteiger partial charge is 0.466 e. The molecule has 6 heteroatoms. The Morgan fingerprint density at radius 1 is 0.380 bits per heavy atom. The molecule has 0 aliphatic heterocycles. The Morgan fingerprint density at radius 2 is 0.662 bits per heavy atom. The van der Waals surface area contributed by atoms with Gasteiger partial charge in [-0.25, -0.2) is 0 Å². The highest BCUT2D eigenvalue weighted by Crippen LogP contribution is 2.18. The fraction of sp³-hybridized carbons (Fsp3) is 0.908. The molecule has 6 nitrogen and oxygen atoms in total. The van der Waals surface area contributed by atoms with Gasteiger partial charge in [-0.3, -0.25) is 9.59 Å². The van der Waals surface area contributed by atoms with Crippen molar-refractivity contribution in [1.82, 2.24) is 5.32 Å². The summed E-state index contributed by atoms with van der Waals surface area (Å²) in [7, 11) is 0. The molecule has 420 valence electrons. The Labute approximate surface area is 443 Å². The number of carbonyl (C=O) groups is 2. The lowest BCUT2D eigenvalue weighted by atomic mass is 10.0. The number of aliphatic hydroxyl groups is 2. The summed E-state index contributed by atoms with van der Waals surface area (Å²) in [6, 6.07) is -0.624. The van der Waals surface area contributed by atoms with Crippen molar-refractivity contribution in [2.75, 3.05) is 13.2 Å². The second-order valence-electron chi connectivity index (χ2n) is 22.1. The van der Waals surface area contributed by atoms with Crippen LogP contribution in [0.2, 0.25) is 0 Å². The molecule has 0 aromatic rings. The second kappa shape index (κ2) is 60.9. The first-order valence-electron chi connectivity index (χ1n) is 32.1. The summed E-state index contributed by atoms with van der Waals surface area (Å²) in [6.07, 6.45) is 75.3. The van der Waals surface area contributed by atoms with Gasteiger partial charge < -0.3 is 20.3 Å². The second-order valence-corrected chi connectivity index (χ2v) is 22.1. The molecule has 71 heavy (non-hydrogen) atoms. The van der Waals surface area contributed by atoms with Crippen LogP contribution in [-0.4, -0.2) is 47.4 Å². The molecule has 0 aromatic heterocycles. The van der Waals surface area contributed by atoms with E-state index in [1.54, 1.807) is 6.08 Å². The van der Waals surface area contributed by atoms with Crippen molar-refractivity contribution in [2.45, 2.75) is 366 Å². The van der Waals surface area contributed by atoms with E-state index >= 15 is 0 Å². The molecule has 0 saturated carbocycles. The topological polar surface area (TPSA) is 95.9 Å². The summed E-state index contributed by atoms with van der Waals surface area (Å²) >= 11 is 0. The first-order chi connectivity index (χ1) is 35.0. The first-order valence-corrected chi connectivity index (χ1v) is 32.1. The van der Waals surface area contributed by atoms with Crippen LogP contribution >= 0.6 is 0 Å². The predicted octanol–water partition coefficient (Wildman–Crippen LogP) is 20.2. The zero-order valence-corrected chi connectivity index (χ0v) is 48.0. The van der Waals surface area contributed by atoms with Gasteiger partial charge in [0.2, 0.25) is 5.91 Å². The quantitative estimate of drug-likeness (QED) is 0.0320. The Hall–Kier alpha value is -1.66. The van der Waals surface area contributed by atoms with Crippen LogP contribution < -0.4 is 5.32 Å². The lowest BCUT2D eigenvalue weighted by Crippen LogP contribution is -2.45. The normalized spacial score (nSPS) is 12.7. The predicted molar refractivity (Wildman–Crippen MR) is 310 cm³/mol. The number of rotatable bonds is 60. The molecule has 0 bridgehead atoms. The molecule has 0 aliphatic rings. The summed E-state index contributed by atoms with van der Waals surface area (Å²) in [5.74, 6) is -0.0480. The number of hydrogen-bond acceptors (Lipinski definition) is 5. The number of aliphatic hydroxyl groups excluding tert-OH is 2. The SMILES string of the molecule is CCCCCCCCCC/C=C/C(O)C(CO)NC(=O)CCCCCCCCCCCCCCCC/C=C\CCCCCCCCCCCCCCOC(=O)CCCCCCCCCCCCCCCC. The average Bonchev–Trinajstić information content (AvgIpc) is 3.37. The van der Waals surface area contributed by atoms with Gasteiger partial charge in [-0.1, -0.05) is 308 Å². The minimum absolute atomic E-state index is 0.0193. The highest BCUT2D eigenvalue weighted by atomic mass is 16.5. The maximum absolute atomic E-state index is 12.4. The van der Waals surface area contributed by atoms with Crippen LogP contribution in [0.25, 0.3) is 0 Å². The number of unbranched alkanes of at least 4 members (excludes halogenated alkanes) is 47. The molecule has 2 unspecified atom stereocenters. The number of hydrogen-bond donors (Lipinski definition) is 3. The number of nitrogens with one attached hydrogen (secondary N) is 1. The van der Waals surface area contributed by atoms with Crippen LogP contribution in [0.15, 0.2) is 24.3 Å². The van der Waals surface area contributed by atoms with Crippen LogP contribution in [0.1, 0.15) is 354 Å². The molecule has 0 fully saturated rings. The standard InChI is InChI=1S/C65H125NO5/c1-3-5-7-9-11-13-15-16-36-39-43-47-51-55-59-65(70)71-60-56-52-48-44-40-37-34-32-30-28-26-24-22-20-18-17-19-21-23-25-27-29-31-33-35-38-42-46-50-54-58-64(69)66-62(61-67)63(68)57-53-49-45-41-14-12-10-8-6-4-2/h18,20,53,57,62-63,67-68H,3-17,19,21-52,54-56,58-61H2,1-2H3,(H,66,69)/b20-18-,57-53+. The van der Waals surface area contributed by atoms with Crippen LogP contribution in [0, 0.1) is 0 Å². The van der Waals surface area contributed by atoms with Crippen molar-refractivity contribution in [3.63, 3.8) is 0 Å². The molecule has 0 saturated heterocycles. The zero-order valence-electron chi connectivity index (χ0n) is 48.0. The van der Waals surface area contributed by atoms with Crippen molar-refractivity contribution in [1.29, 1.82) is 0 Å². The van der Waals surface area contributed by atoms with E-state index in [0.29, 0.717) is 19.4 Å². The molecule has 0 heterocycles. The number of amides is 1. The number of ether oxygens (including phenoxy) is 1. The van der Waals surface area contributed by atoms with Gasteiger partial charge in [0.1, 0.15) is 0 Å². The third kappa shape index (κ3) is 57.5. The summed E-state index contributed by atoms with van der Waals surface area (Å²) in [6.45, 7) is 4.91. The monoisotopic (exact) mass is 1000 g/mol. The number of allylic oxidation sites excluding steroid dienone is 3. The van der Waals surface area contributed by atoms with Crippen LogP contribution in [-0.2, 0) is 14.3 Å². The smallest absolute Gasteiger partial charge is 0.305 e. The fourth-order valence-corrected chi connectivity index (χ4v) is 10.0. The van der Waals surface area contributed by atoms with Crippen molar-refractivity contribution in [3.8, 4) is 0 Å². The third-order valence-corrected chi connectivity index (χ3v) is 15.0. The van der Waals surface area contributed by atoms with E-state index in [1.807, 2.05) is 6.08 Å². The minimum Gasteiger partial charge on any atom is -0.466 e. The van der Waals surface area contributed by atoms with Crippen molar-refractivity contribution in [2.24, 2.45) is 0 Å². The zero-order chi connectivity index (χ0) is 51.4. The van der Waals surface area contributed by atoms with Crippen LogP contribution in [0.4, 0.5) is 0 Å². The van der Waals surface area contributed by atoms with Crippen LogP contribution in [0.5, 0.6) is 0 Å². The first kappa shape index (κ1) is 69.3. The summed E-state index contributed by atoms with van der Waals surface area (Å²) < 4.78 is 5.49. The minimum atomic E-state index is -0.841. The third-order valence-electron chi connectivity index (χ3n) is 15.0. The summed E-state index contributed by atoms with van der Waals surface area (Å²) in [5, 5.41) is 23.0. The summed E-state index contributed by atoms with van der Waals surface area (Å²) in [4.78, 5) is 24.5. The molecule has 0 spiro atoms. The molecular formula is C65H125NO5. The van der Waals surface area contributed by atoms with Gasteiger partial charge in [0.25, 0.3) is 0 Å². The van der Waals surface area contributed by atoms with Gasteiger partial charge in [-0.05, 0) is 57.8 Å². The Bertz CT molecular complexity index is 1110. The van der Waals surface area contributed by atoms with E-state index in [4.69, 9.17) is 4.74 Å². The summed E-state index contributed by atoms with van der Waals surface area (Å²) in [5.41, 5.74) is 0. The molecule has 3 N–H and O–H groups in total. The van der Waals surface area contributed by atoms with Gasteiger partial charge >= 0.3 is 5.97 Å². The number of esters is 1. The van der Waals surface area contributed by atoms with E-state index < -0.39 is 12.1 Å². The van der Waals surface area contributed by atoms with Gasteiger partial charge in [-0.15, -0.1) is 0 Å². The highest BCUT2D eigenvalue weighted by molar-refractivity contribution is 5.76.